The van der Waals surface area contributed by atoms with Crippen molar-refractivity contribution < 1.29 is 9.59 Å². The van der Waals surface area contributed by atoms with E-state index in [-0.39, 0.29) is 29.8 Å². The van der Waals surface area contributed by atoms with E-state index in [1.807, 2.05) is 24.0 Å². The van der Waals surface area contributed by atoms with Crippen molar-refractivity contribution in [2.24, 2.45) is 5.92 Å². The Bertz CT molecular complexity index is 954. The molecule has 1 aromatic heterocycles. The Balaban J connectivity index is 1.40. The monoisotopic (exact) mass is 382 g/mol. The minimum Gasteiger partial charge on any atom is -0.339 e. The molecule has 7 heteroatoms. The van der Waals surface area contributed by atoms with Crippen LogP contribution in [0.5, 0.6) is 0 Å². The summed E-state index contributed by atoms with van der Waals surface area (Å²) in [6.07, 6.45) is 5.73. The molecule has 1 saturated carbocycles. The molecule has 28 heavy (non-hydrogen) atoms. The molecule has 2 fully saturated rings. The van der Waals surface area contributed by atoms with E-state index < -0.39 is 0 Å². The maximum Gasteiger partial charge on any atom is 0.261 e. The van der Waals surface area contributed by atoms with Gasteiger partial charge in [-0.1, -0.05) is 25.0 Å². The molecule has 0 bridgehead atoms. The summed E-state index contributed by atoms with van der Waals surface area (Å²) in [5.74, 6) is 0.312. The first-order chi connectivity index (χ1) is 13.5. The molecule has 2 aliphatic rings. The molecular weight excluding hydrogens is 356 g/mol. The Morgan fingerprint density at radius 3 is 2.46 bits per heavy atom. The third-order valence-corrected chi connectivity index (χ3v) is 6.01. The SMILES string of the molecule is Cc1cccc2c(=O)n(CC(=O)N3CCN(C(=O)C4CCCC4)CC3)cnc12. The lowest BCUT2D eigenvalue weighted by Crippen LogP contribution is -2.52. The molecule has 1 aliphatic carbocycles. The Morgan fingerprint density at radius 2 is 1.75 bits per heavy atom. The largest absolute Gasteiger partial charge is 0.339 e. The predicted molar refractivity (Wildman–Crippen MR) is 106 cm³/mol. The molecule has 2 aromatic rings. The number of hydrogen-bond acceptors (Lipinski definition) is 4. The van der Waals surface area contributed by atoms with Crippen LogP contribution in [0.15, 0.2) is 29.3 Å². The van der Waals surface area contributed by atoms with Crippen molar-refractivity contribution in [2.75, 3.05) is 26.2 Å². The fourth-order valence-electron chi connectivity index (χ4n) is 4.30. The van der Waals surface area contributed by atoms with E-state index in [1.165, 1.54) is 10.9 Å². The van der Waals surface area contributed by atoms with Gasteiger partial charge in [-0.2, -0.15) is 0 Å². The summed E-state index contributed by atoms with van der Waals surface area (Å²) in [6.45, 7) is 4.08. The van der Waals surface area contributed by atoms with Crippen LogP contribution in [0.2, 0.25) is 0 Å². The van der Waals surface area contributed by atoms with Crippen molar-refractivity contribution in [1.29, 1.82) is 0 Å². The summed E-state index contributed by atoms with van der Waals surface area (Å²) < 4.78 is 1.38. The fraction of sp³-hybridized carbons (Fsp3) is 0.524. The standard InChI is InChI=1S/C21H26N4O3/c1-15-5-4-8-17-19(15)22-14-25(21(17)28)13-18(26)23-9-11-24(12-10-23)20(27)16-6-2-3-7-16/h4-5,8,14,16H,2-3,6-7,9-13H2,1H3. The van der Waals surface area contributed by atoms with Gasteiger partial charge in [0.1, 0.15) is 6.54 Å². The van der Waals surface area contributed by atoms with E-state index in [0.717, 1.165) is 31.2 Å². The molecule has 148 valence electrons. The average molecular weight is 382 g/mol. The summed E-state index contributed by atoms with van der Waals surface area (Å²) in [5.41, 5.74) is 1.42. The molecule has 0 unspecified atom stereocenters. The number of aryl methyl sites for hydroxylation is 1. The number of nitrogens with zero attached hydrogens (tertiary/aromatic N) is 4. The van der Waals surface area contributed by atoms with Crippen LogP contribution in [0.1, 0.15) is 31.2 Å². The zero-order chi connectivity index (χ0) is 19.7. The van der Waals surface area contributed by atoms with Crippen LogP contribution in [0.25, 0.3) is 10.9 Å². The molecule has 1 saturated heterocycles. The Hall–Kier alpha value is -2.70. The van der Waals surface area contributed by atoms with E-state index in [1.54, 1.807) is 11.0 Å². The lowest BCUT2D eigenvalue weighted by atomic mass is 10.1. The lowest BCUT2D eigenvalue weighted by Gasteiger charge is -2.36. The fourth-order valence-corrected chi connectivity index (χ4v) is 4.30. The minimum atomic E-state index is -0.197. The number of hydrogen-bond donors (Lipinski definition) is 0. The highest BCUT2D eigenvalue weighted by Gasteiger charge is 2.30. The van der Waals surface area contributed by atoms with Gasteiger partial charge in [-0.05, 0) is 31.4 Å². The average Bonchev–Trinajstić information content (AvgIpc) is 3.25. The van der Waals surface area contributed by atoms with Crippen molar-refractivity contribution in [3.8, 4) is 0 Å². The van der Waals surface area contributed by atoms with Gasteiger partial charge in [0.15, 0.2) is 0 Å². The molecule has 4 rings (SSSR count). The van der Waals surface area contributed by atoms with E-state index in [9.17, 15) is 14.4 Å². The molecule has 0 atom stereocenters. The zero-order valence-corrected chi connectivity index (χ0v) is 16.3. The molecule has 0 radical (unpaired) electrons. The smallest absolute Gasteiger partial charge is 0.261 e. The summed E-state index contributed by atoms with van der Waals surface area (Å²) in [5, 5.41) is 0.530. The molecular formula is C21H26N4O3. The first kappa shape index (κ1) is 18.7. The highest BCUT2D eigenvalue weighted by Crippen LogP contribution is 2.26. The highest BCUT2D eigenvalue weighted by molar-refractivity contribution is 5.82. The van der Waals surface area contributed by atoms with Gasteiger partial charge in [-0.25, -0.2) is 4.98 Å². The predicted octanol–water partition coefficient (Wildman–Crippen LogP) is 1.57. The maximum absolute atomic E-state index is 12.7. The maximum atomic E-state index is 12.7. The van der Waals surface area contributed by atoms with Gasteiger partial charge < -0.3 is 9.80 Å². The van der Waals surface area contributed by atoms with Crippen LogP contribution in [-0.4, -0.2) is 57.3 Å². The molecule has 2 amide bonds. The van der Waals surface area contributed by atoms with Crippen molar-refractivity contribution >= 4 is 22.7 Å². The zero-order valence-electron chi connectivity index (χ0n) is 16.3. The normalized spacial score (nSPS) is 18.0. The number of rotatable bonds is 3. The third kappa shape index (κ3) is 3.53. The van der Waals surface area contributed by atoms with Crippen LogP contribution in [0.4, 0.5) is 0 Å². The second kappa shape index (κ2) is 7.73. The summed E-state index contributed by atoms with van der Waals surface area (Å²) in [7, 11) is 0. The van der Waals surface area contributed by atoms with E-state index in [4.69, 9.17) is 0 Å². The molecule has 1 aromatic carbocycles. The van der Waals surface area contributed by atoms with Crippen LogP contribution in [0.3, 0.4) is 0 Å². The van der Waals surface area contributed by atoms with Crippen LogP contribution >= 0.6 is 0 Å². The van der Waals surface area contributed by atoms with Crippen molar-refractivity contribution in [1.82, 2.24) is 19.4 Å². The number of aromatic nitrogens is 2. The number of fused-ring (bicyclic) bond motifs is 1. The van der Waals surface area contributed by atoms with Crippen LogP contribution in [0, 0.1) is 12.8 Å². The highest BCUT2D eigenvalue weighted by atomic mass is 16.2. The quantitative estimate of drug-likeness (QED) is 0.807. The molecule has 1 aliphatic heterocycles. The lowest BCUT2D eigenvalue weighted by molar-refractivity contribution is -0.142. The van der Waals surface area contributed by atoms with Crippen molar-refractivity contribution in [3.05, 3.63) is 40.4 Å². The summed E-state index contributed by atoms with van der Waals surface area (Å²) >= 11 is 0. The molecule has 0 N–H and O–H groups in total. The van der Waals surface area contributed by atoms with E-state index in [2.05, 4.69) is 4.98 Å². The van der Waals surface area contributed by atoms with E-state index in [0.29, 0.717) is 37.1 Å². The molecule has 0 spiro atoms. The number of amides is 2. The first-order valence-electron chi connectivity index (χ1n) is 10.1. The number of carbonyl (C=O) groups is 2. The minimum absolute atomic E-state index is 0.0215. The Kier molecular flexibility index (Phi) is 5.15. The van der Waals surface area contributed by atoms with Crippen molar-refractivity contribution in [3.63, 3.8) is 0 Å². The number of carbonyl (C=O) groups excluding carboxylic acids is 2. The second-order valence-corrected chi connectivity index (χ2v) is 7.84. The topological polar surface area (TPSA) is 75.5 Å². The van der Waals surface area contributed by atoms with Gasteiger partial charge in [0.05, 0.1) is 17.2 Å². The number of piperazine rings is 1. The Labute approximate surface area is 163 Å². The molecule has 7 nitrogen and oxygen atoms in total. The Morgan fingerprint density at radius 1 is 1.07 bits per heavy atom. The van der Waals surface area contributed by atoms with Gasteiger partial charge in [0.25, 0.3) is 5.56 Å². The number of para-hydroxylation sites is 1. The summed E-state index contributed by atoms with van der Waals surface area (Å²) in [4.78, 5) is 45.9. The number of benzene rings is 1. The summed E-state index contributed by atoms with van der Waals surface area (Å²) in [6, 6.07) is 5.48. The van der Waals surface area contributed by atoms with Crippen LogP contribution < -0.4 is 5.56 Å². The first-order valence-corrected chi connectivity index (χ1v) is 10.1. The van der Waals surface area contributed by atoms with Crippen molar-refractivity contribution in [2.45, 2.75) is 39.2 Å². The molecule has 2 heterocycles. The van der Waals surface area contributed by atoms with E-state index >= 15 is 0 Å². The van der Waals surface area contributed by atoms with Gasteiger partial charge in [-0.3, -0.25) is 19.0 Å². The van der Waals surface area contributed by atoms with Crippen LogP contribution in [-0.2, 0) is 16.1 Å². The van der Waals surface area contributed by atoms with Gasteiger partial charge in [-0.15, -0.1) is 0 Å². The second-order valence-electron chi connectivity index (χ2n) is 7.84. The van der Waals surface area contributed by atoms with Gasteiger partial charge >= 0.3 is 0 Å². The van der Waals surface area contributed by atoms with Gasteiger partial charge in [0, 0.05) is 32.1 Å². The third-order valence-electron chi connectivity index (χ3n) is 6.01. The van der Waals surface area contributed by atoms with Gasteiger partial charge in [0.2, 0.25) is 11.8 Å².